The van der Waals surface area contributed by atoms with Gasteiger partial charge in [0.2, 0.25) is 0 Å². The highest BCUT2D eigenvalue weighted by atomic mass is 79.9. The van der Waals surface area contributed by atoms with Gasteiger partial charge in [-0.25, -0.2) is 9.97 Å². The fourth-order valence-electron chi connectivity index (χ4n) is 2.94. The summed E-state index contributed by atoms with van der Waals surface area (Å²) in [5.41, 5.74) is 1.12. The minimum atomic E-state index is -3.09. The predicted molar refractivity (Wildman–Crippen MR) is 108 cm³/mol. The van der Waals surface area contributed by atoms with E-state index in [0.717, 1.165) is 34.7 Å². The van der Waals surface area contributed by atoms with Gasteiger partial charge in [0.15, 0.2) is 4.75 Å². The third-order valence-corrected chi connectivity index (χ3v) is 8.91. The summed E-state index contributed by atoms with van der Waals surface area (Å²) in [5, 5.41) is 3.95. The number of rotatable bonds is 4. The summed E-state index contributed by atoms with van der Waals surface area (Å²) in [5.74, 6) is 0.587. The number of benzene rings is 1. The van der Waals surface area contributed by atoms with Crippen molar-refractivity contribution in [2.24, 2.45) is 0 Å². The molecular weight excluding hydrogens is 417 g/mol. The number of aryl methyl sites for hydroxylation is 2. The minimum absolute atomic E-state index is 0.587. The number of halogens is 1. The van der Waals surface area contributed by atoms with Gasteiger partial charge in [0.1, 0.15) is 5.82 Å². The summed E-state index contributed by atoms with van der Waals surface area (Å²) in [6.45, 7) is 0. The number of aromatic nitrogens is 2. The Morgan fingerprint density at radius 3 is 2.60 bits per heavy atom. The number of nitrogens with one attached hydrogen (secondary N) is 1. The van der Waals surface area contributed by atoms with Gasteiger partial charge < -0.3 is 5.09 Å². The van der Waals surface area contributed by atoms with E-state index in [1.54, 1.807) is 17.5 Å². The van der Waals surface area contributed by atoms with Gasteiger partial charge in [-0.1, -0.05) is 18.2 Å². The van der Waals surface area contributed by atoms with Crippen molar-refractivity contribution in [3.8, 4) is 0 Å². The number of thiazole rings is 1. The molecule has 4 rings (SSSR count). The van der Waals surface area contributed by atoms with Crippen molar-refractivity contribution >= 4 is 50.4 Å². The zero-order valence-corrected chi connectivity index (χ0v) is 16.8. The topological polar surface area (TPSA) is 54.9 Å². The van der Waals surface area contributed by atoms with Crippen LogP contribution in [0.4, 0.5) is 5.82 Å². The largest absolute Gasteiger partial charge is 0.312 e. The van der Waals surface area contributed by atoms with Gasteiger partial charge in [0.25, 0.3) is 7.29 Å². The second kappa shape index (κ2) is 7.02. The normalized spacial score (nSPS) is 16.0. The molecule has 0 aliphatic heterocycles. The van der Waals surface area contributed by atoms with Crippen molar-refractivity contribution in [1.82, 2.24) is 9.97 Å². The molecule has 1 aliphatic carbocycles. The Balaban J connectivity index is 1.80. The number of anilines is 1. The van der Waals surface area contributed by atoms with Gasteiger partial charge in [-0.2, -0.15) is 0 Å². The molecule has 0 fully saturated rings. The maximum absolute atomic E-state index is 14.1. The molecule has 7 heteroatoms. The van der Waals surface area contributed by atoms with Gasteiger partial charge in [0.05, 0.1) is 5.69 Å². The van der Waals surface area contributed by atoms with Crippen molar-refractivity contribution in [3.05, 3.63) is 63.7 Å². The van der Waals surface area contributed by atoms with E-state index in [1.165, 1.54) is 11.3 Å². The summed E-state index contributed by atoms with van der Waals surface area (Å²) >= 11 is 4.97. The van der Waals surface area contributed by atoms with Gasteiger partial charge in [-0.3, -0.25) is 4.57 Å². The zero-order chi connectivity index (χ0) is 17.3. The van der Waals surface area contributed by atoms with E-state index in [9.17, 15) is 4.57 Å². The summed E-state index contributed by atoms with van der Waals surface area (Å²) in [6, 6.07) is 13.3. The fraction of sp³-hybridized carbons (Fsp3) is 0.222. The van der Waals surface area contributed by atoms with E-state index in [2.05, 4.69) is 26.0 Å². The van der Waals surface area contributed by atoms with Crippen LogP contribution >= 0.6 is 34.6 Å². The standard InChI is InChI=1S/C18H17BrN3OPS/c19-13-10-11-17(20-12-13)22-24(23,14-6-2-1-3-7-14)18-21-15-8-4-5-9-16(15)25-18/h1-3,6-7,10-12H,4-5,8-9H2,(H,20,22,23)/t24-/m0/s1. The van der Waals surface area contributed by atoms with Crippen LogP contribution in [-0.2, 0) is 17.4 Å². The van der Waals surface area contributed by atoms with Crippen LogP contribution in [-0.4, -0.2) is 9.97 Å². The Hall–Kier alpha value is -1.49. The SMILES string of the molecule is O=[P@@](Nc1ccc(Br)cn1)(c1ccccc1)c1nc2c(s1)CCCC2. The van der Waals surface area contributed by atoms with Crippen LogP contribution in [0.5, 0.6) is 0 Å². The summed E-state index contributed by atoms with van der Waals surface area (Å²) < 4.78 is 15.6. The fourth-order valence-corrected chi connectivity index (χ4v) is 7.11. The van der Waals surface area contributed by atoms with Gasteiger partial charge in [-0.05, 0) is 65.9 Å². The van der Waals surface area contributed by atoms with Crippen molar-refractivity contribution in [2.45, 2.75) is 25.7 Å². The lowest BCUT2D eigenvalue weighted by molar-refractivity contribution is 0.589. The molecule has 3 aromatic rings. The first-order valence-electron chi connectivity index (χ1n) is 8.20. The number of hydrogen-bond acceptors (Lipinski definition) is 4. The molecule has 1 aromatic carbocycles. The van der Waals surface area contributed by atoms with E-state index >= 15 is 0 Å². The molecule has 2 aromatic heterocycles. The first kappa shape index (κ1) is 17.0. The molecule has 0 saturated carbocycles. The third-order valence-electron chi connectivity index (χ3n) is 4.22. The first-order chi connectivity index (χ1) is 12.1. The van der Waals surface area contributed by atoms with E-state index < -0.39 is 7.29 Å². The van der Waals surface area contributed by atoms with Crippen molar-refractivity contribution < 1.29 is 4.57 Å². The number of hydrogen-bond donors (Lipinski definition) is 1. The molecule has 4 nitrogen and oxygen atoms in total. The Morgan fingerprint density at radius 1 is 1.08 bits per heavy atom. The Morgan fingerprint density at radius 2 is 1.88 bits per heavy atom. The molecule has 25 heavy (non-hydrogen) atoms. The zero-order valence-electron chi connectivity index (χ0n) is 13.5. The highest BCUT2D eigenvalue weighted by Gasteiger charge is 2.33. The number of fused-ring (bicyclic) bond motifs is 1. The molecule has 0 saturated heterocycles. The third kappa shape index (κ3) is 3.43. The van der Waals surface area contributed by atoms with E-state index in [-0.39, 0.29) is 0 Å². The van der Waals surface area contributed by atoms with E-state index in [0.29, 0.717) is 10.6 Å². The van der Waals surface area contributed by atoms with Crippen LogP contribution in [0, 0.1) is 0 Å². The van der Waals surface area contributed by atoms with E-state index in [1.807, 2.05) is 42.5 Å². The molecule has 2 heterocycles. The number of pyridine rings is 1. The van der Waals surface area contributed by atoms with Gasteiger partial charge in [-0.15, -0.1) is 11.3 Å². The highest BCUT2D eigenvalue weighted by molar-refractivity contribution is 9.10. The molecule has 1 atom stereocenters. The maximum atomic E-state index is 14.1. The minimum Gasteiger partial charge on any atom is -0.312 e. The molecule has 0 unspecified atom stereocenters. The van der Waals surface area contributed by atoms with Crippen LogP contribution in [0.2, 0.25) is 0 Å². The molecular formula is C18H17BrN3OPS. The second-order valence-corrected chi connectivity index (χ2v) is 10.7. The van der Waals surface area contributed by atoms with Crippen LogP contribution < -0.4 is 15.1 Å². The van der Waals surface area contributed by atoms with Crippen LogP contribution in [0.3, 0.4) is 0 Å². The highest BCUT2D eigenvalue weighted by Crippen LogP contribution is 2.45. The smallest absolute Gasteiger partial charge is 0.255 e. The first-order valence-corrected chi connectivity index (χ1v) is 11.5. The van der Waals surface area contributed by atoms with Gasteiger partial charge >= 0.3 is 0 Å². The lowest BCUT2D eigenvalue weighted by Gasteiger charge is -2.18. The molecule has 0 radical (unpaired) electrons. The second-order valence-electron chi connectivity index (χ2n) is 5.99. The quantitative estimate of drug-likeness (QED) is 0.614. The summed E-state index contributed by atoms with van der Waals surface area (Å²) in [6.07, 6.45) is 6.07. The average molecular weight is 434 g/mol. The molecule has 1 aliphatic rings. The van der Waals surface area contributed by atoms with Crippen LogP contribution in [0.15, 0.2) is 53.1 Å². The Labute approximate surface area is 159 Å². The molecule has 0 bridgehead atoms. The lowest BCUT2D eigenvalue weighted by Crippen LogP contribution is -2.22. The monoisotopic (exact) mass is 433 g/mol. The van der Waals surface area contributed by atoms with E-state index in [4.69, 9.17) is 4.98 Å². The summed E-state index contributed by atoms with van der Waals surface area (Å²) in [7, 11) is -3.09. The van der Waals surface area contributed by atoms with Crippen LogP contribution in [0.1, 0.15) is 23.4 Å². The molecule has 0 amide bonds. The average Bonchev–Trinajstić information content (AvgIpc) is 3.09. The lowest BCUT2D eigenvalue weighted by atomic mass is 10.0. The van der Waals surface area contributed by atoms with Crippen LogP contribution in [0.25, 0.3) is 0 Å². The predicted octanol–water partition coefficient (Wildman–Crippen LogP) is 4.52. The Kier molecular flexibility index (Phi) is 4.76. The van der Waals surface area contributed by atoms with Crippen molar-refractivity contribution in [3.63, 3.8) is 0 Å². The van der Waals surface area contributed by atoms with Crippen molar-refractivity contribution in [1.29, 1.82) is 0 Å². The summed E-state index contributed by atoms with van der Waals surface area (Å²) in [4.78, 5) is 10.4. The number of nitrogens with zero attached hydrogens (tertiary/aromatic N) is 2. The van der Waals surface area contributed by atoms with Crippen molar-refractivity contribution in [2.75, 3.05) is 5.09 Å². The van der Waals surface area contributed by atoms with Gasteiger partial charge in [0, 0.05) is 20.9 Å². The Bertz CT molecular complexity index is 904. The molecule has 1 N–H and O–H groups in total. The molecule has 128 valence electrons. The maximum Gasteiger partial charge on any atom is 0.255 e. The molecule has 0 spiro atoms.